The maximum absolute atomic E-state index is 11.9. The van der Waals surface area contributed by atoms with Crippen LogP contribution >= 0.6 is 0 Å². The van der Waals surface area contributed by atoms with Crippen molar-refractivity contribution in [2.75, 3.05) is 7.11 Å². The standard InChI is InChI=1S/C13H14N2O3/c1-9-6-11(15-18-9)8-14-13(16)10-4-3-5-12(7-10)17-2/h3-7H,8H2,1-2H3,(H,14,16). The minimum absolute atomic E-state index is 0.172. The lowest BCUT2D eigenvalue weighted by Crippen LogP contribution is -2.22. The van der Waals surface area contributed by atoms with E-state index >= 15 is 0 Å². The summed E-state index contributed by atoms with van der Waals surface area (Å²) in [5.41, 5.74) is 1.25. The first kappa shape index (κ1) is 12.2. The Morgan fingerprint density at radius 1 is 1.44 bits per heavy atom. The molecule has 2 rings (SSSR count). The number of nitrogens with zero attached hydrogens (tertiary/aromatic N) is 1. The molecule has 18 heavy (non-hydrogen) atoms. The first-order chi connectivity index (χ1) is 8.69. The first-order valence-electron chi connectivity index (χ1n) is 5.53. The Kier molecular flexibility index (Phi) is 3.62. The SMILES string of the molecule is COc1cccc(C(=O)NCc2cc(C)on2)c1. The minimum atomic E-state index is -0.172. The van der Waals surface area contributed by atoms with Crippen molar-refractivity contribution in [2.45, 2.75) is 13.5 Å². The van der Waals surface area contributed by atoms with Crippen molar-refractivity contribution in [3.8, 4) is 5.75 Å². The number of nitrogens with one attached hydrogen (secondary N) is 1. The van der Waals surface area contributed by atoms with Crippen LogP contribution in [0.1, 0.15) is 21.8 Å². The summed E-state index contributed by atoms with van der Waals surface area (Å²) < 4.78 is 9.98. The lowest BCUT2D eigenvalue weighted by molar-refractivity contribution is 0.0949. The van der Waals surface area contributed by atoms with Gasteiger partial charge in [0.05, 0.1) is 13.7 Å². The summed E-state index contributed by atoms with van der Waals surface area (Å²) in [7, 11) is 1.56. The lowest BCUT2D eigenvalue weighted by Gasteiger charge is -2.04. The van der Waals surface area contributed by atoms with Crippen molar-refractivity contribution < 1.29 is 14.1 Å². The van der Waals surface area contributed by atoms with Gasteiger partial charge in [-0.2, -0.15) is 0 Å². The van der Waals surface area contributed by atoms with Crippen molar-refractivity contribution in [3.05, 3.63) is 47.3 Å². The summed E-state index contributed by atoms with van der Waals surface area (Å²) in [4.78, 5) is 11.9. The van der Waals surface area contributed by atoms with Gasteiger partial charge in [0.1, 0.15) is 17.2 Å². The molecule has 1 heterocycles. The third-order valence-electron chi connectivity index (χ3n) is 2.44. The number of hydrogen-bond donors (Lipinski definition) is 1. The van der Waals surface area contributed by atoms with Crippen LogP contribution in [0, 0.1) is 6.92 Å². The van der Waals surface area contributed by atoms with Crippen molar-refractivity contribution in [1.82, 2.24) is 10.5 Å². The molecule has 0 spiro atoms. The molecule has 2 aromatic rings. The number of carbonyl (C=O) groups is 1. The number of benzene rings is 1. The van der Waals surface area contributed by atoms with Gasteiger partial charge in [-0.1, -0.05) is 11.2 Å². The van der Waals surface area contributed by atoms with E-state index in [9.17, 15) is 4.79 Å². The number of ether oxygens (including phenoxy) is 1. The van der Waals surface area contributed by atoms with E-state index in [0.717, 1.165) is 5.76 Å². The zero-order chi connectivity index (χ0) is 13.0. The molecule has 0 fully saturated rings. The first-order valence-corrected chi connectivity index (χ1v) is 5.53. The third kappa shape index (κ3) is 2.88. The monoisotopic (exact) mass is 246 g/mol. The minimum Gasteiger partial charge on any atom is -0.497 e. The molecule has 1 aromatic carbocycles. The Hall–Kier alpha value is -2.30. The average molecular weight is 246 g/mol. The zero-order valence-corrected chi connectivity index (χ0v) is 10.3. The summed E-state index contributed by atoms with van der Waals surface area (Å²) in [6.07, 6.45) is 0. The van der Waals surface area contributed by atoms with E-state index in [1.165, 1.54) is 0 Å². The van der Waals surface area contributed by atoms with Gasteiger partial charge in [0, 0.05) is 11.6 Å². The Balaban J connectivity index is 1.99. The molecule has 1 aromatic heterocycles. The van der Waals surface area contributed by atoms with Gasteiger partial charge in [0.25, 0.3) is 5.91 Å². The summed E-state index contributed by atoms with van der Waals surface area (Å²) in [6.45, 7) is 2.15. The van der Waals surface area contributed by atoms with Gasteiger partial charge in [-0.25, -0.2) is 0 Å². The molecular weight excluding hydrogens is 232 g/mol. The molecule has 5 heteroatoms. The molecule has 0 aliphatic carbocycles. The highest BCUT2D eigenvalue weighted by atomic mass is 16.5. The van der Waals surface area contributed by atoms with Crippen molar-refractivity contribution in [1.29, 1.82) is 0 Å². The normalized spacial score (nSPS) is 10.1. The van der Waals surface area contributed by atoms with Crippen molar-refractivity contribution >= 4 is 5.91 Å². The van der Waals surface area contributed by atoms with E-state index in [-0.39, 0.29) is 5.91 Å². The average Bonchev–Trinajstić information content (AvgIpc) is 2.82. The van der Waals surface area contributed by atoms with E-state index < -0.39 is 0 Å². The molecule has 5 nitrogen and oxygen atoms in total. The summed E-state index contributed by atoms with van der Waals surface area (Å²) in [5, 5.41) is 6.56. The van der Waals surface area contributed by atoms with Crippen LogP contribution in [-0.2, 0) is 6.54 Å². The fourth-order valence-electron chi connectivity index (χ4n) is 1.54. The maximum Gasteiger partial charge on any atom is 0.251 e. The summed E-state index contributed by atoms with van der Waals surface area (Å²) >= 11 is 0. The summed E-state index contributed by atoms with van der Waals surface area (Å²) in [6, 6.07) is 8.76. The fraction of sp³-hybridized carbons (Fsp3) is 0.231. The van der Waals surface area contributed by atoms with Crippen LogP contribution < -0.4 is 10.1 Å². The van der Waals surface area contributed by atoms with Crippen LogP contribution in [0.25, 0.3) is 0 Å². The second-order valence-electron chi connectivity index (χ2n) is 3.84. The molecule has 94 valence electrons. The Morgan fingerprint density at radius 3 is 2.94 bits per heavy atom. The van der Waals surface area contributed by atoms with Gasteiger partial charge in [-0.05, 0) is 25.1 Å². The molecule has 0 bridgehead atoms. The highest BCUT2D eigenvalue weighted by Crippen LogP contribution is 2.12. The van der Waals surface area contributed by atoms with E-state index in [2.05, 4.69) is 10.5 Å². The van der Waals surface area contributed by atoms with Gasteiger partial charge < -0.3 is 14.6 Å². The molecule has 1 amide bonds. The van der Waals surface area contributed by atoms with Gasteiger partial charge >= 0.3 is 0 Å². The van der Waals surface area contributed by atoms with Crippen LogP contribution in [0.15, 0.2) is 34.9 Å². The maximum atomic E-state index is 11.9. The Labute approximate surface area is 105 Å². The third-order valence-corrected chi connectivity index (χ3v) is 2.44. The van der Waals surface area contributed by atoms with Gasteiger partial charge in [0.15, 0.2) is 0 Å². The van der Waals surface area contributed by atoms with Gasteiger partial charge in [-0.15, -0.1) is 0 Å². The van der Waals surface area contributed by atoms with E-state index in [0.29, 0.717) is 23.6 Å². The van der Waals surface area contributed by atoms with Gasteiger partial charge in [-0.3, -0.25) is 4.79 Å². The van der Waals surface area contributed by atoms with Crippen LogP contribution in [0.5, 0.6) is 5.75 Å². The highest BCUT2D eigenvalue weighted by Gasteiger charge is 2.07. The number of aryl methyl sites for hydroxylation is 1. The molecule has 0 unspecified atom stereocenters. The Morgan fingerprint density at radius 2 is 2.28 bits per heavy atom. The molecule has 0 aliphatic rings. The molecule has 0 aliphatic heterocycles. The fourth-order valence-corrected chi connectivity index (χ4v) is 1.54. The second kappa shape index (κ2) is 5.35. The quantitative estimate of drug-likeness (QED) is 0.895. The van der Waals surface area contributed by atoms with Crippen LogP contribution in [-0.4, -0.2) is 18.2 Å². The smallest absolute Gasteiger partial charge is 0.251 e. The van der Waals surface area contributed by atoms with Crippen LogP contribution in [0.2, 0.25) is 0 Å². The molecule has 1 N–H and O–H groups in total. The summed E-state index contributed by atoms with van der Waals surface area (Å²) in [5.74, 6) is 1.20. The number of carbonyl (C=O) groups excluding carboxylic acids is 1. The van der Waals surface area contributed by atoms with Crippen LogP contribution in [0.3, 0.4) is 0 Å². The van der Waals surface area contributed by atoms with E-state index in [1.807, 2.05) is 0 Å². The second-order valence-corrected chi connectivity index (χ2v) is 3.84. The molecule has 0 atom stereocenters. The zero-order valence-electron chi connectivity index (χ0n) is 10.3. The van der Waals surface area contributed by atoms with Crippen molar-refractivity contribution in [2.24, 2.45) is 0 Å². The predicted octanol–water partition coefficient (Wildman–Crippen LogP) is 1.92. The Bertz CT molecular complexity index is 549. The number of aromatic nitrogens is 1. The topological polar surface area (TPSA) is 64.4 Å². The molecular formula is C13H14N2O3. The molecule has 0 radical (unpaired) electrons. The highest BCUT2D eigenvalue weighted by molar-refractivity contribution is 5.94. The lowest BCUT2D eigenvalue weighted by atomic mass is 10.2. The van der Waals surface area contributed by atoms with Gasteiger partial charge in [0.2, 0.25) is 0 Å². The van der Waals surface area contributed by atoms with Crippen LogP contribution in [0.4, 0.5) is 0 Å². The number of amides is 1. The number of rotatable bonds is 4. The molecule has 0 saturated heterocycles. The number of hydrogen-bond acceptors (Lipinski definition) is 4. The largest absolute Gasteiger partial charge is 0.497 e. The number of methoxy groups -OCH3 is 1. The van der Waals surface area contributed by atoms with E-state index in [4.69, 9.17) is 9.26 Å². The van der Waals surface area contributed by atoms with Crippen molar-refractivity contribution in [3.63, 3.8) is 0 Å². The van der Waals surface area contributed by atoms with E-state index in [1.54, 1.807) is 44.4 Å². The predicted molar refractivity (Wildman–Crippen MR) is 65.4 cm³/mol. The molecule has 0 saturated carbocycles.